The molecule has 2 heterocycles. The van der Waals surface area contributed by atoms with Crippen LogP contribution in [-0.4, -0.2) is 33.4 Å². The first-order valence-corrected chi connectivity index (χ1v) is 5.44. The van der Waals surface area contributed by atoms with E-state index in [0.717, 1.165) is 0 Å². The van der Waals surface area contributed by atoms with Gasteiger partial charge in [0.25, 0.3) is 0 Å². The summed E-state index contributed by atoms with van der Waals surface area (Å²) in [6.07, 6.45) is 3.87. The number of hydrogen-bond donors (Lipinski definition) is 2. The van der Waals surface area contributed by atoms with Gasteiger partial charge in [-0.25, -0.2) is 4.79 Å². The molecule has 100 valence electrons. The smallest absolute Gasteiger partial charge is 0.351 e. The molecule has 0 radical (unpaired) electrons. The Bertz CT molecular complexity index is 606. The van der Waals surface area contributed by atoms with E-state index in [2.05, 4.69) is 15.0 Å². The lowest BCUT2D eigenvalue weighted by atomic mass is 10.1. The van der Waals surface area contributed by atoms with Crippen molar-refractivity contribution in [2.45, 2.75) is 11.8 Å². The van der Waals surface area contributed by atoms with Crippen molar-refractivity contribution in [3.8, 4) is 0 Å². The first kappa shape index (κ1) is 13.1. The molecule has 9 heteroatoms. The number of rotatable bonds is 4. The average Bonchev–Trinajstić information content (AvgIpc) is 2.81. The first-order valence-electron chi connectivity index (χ1n) is 5.44. The van der Waals surface area contributed by atoms with E-state index in [1.54, 1.807) is 12.2 Å². The molecule has 3 N–H and O–H groups in total. The fraction of sp³-hybridized carbons (Fsp3) is 0.400. The van der Waals surface area contributed by atoms with Gasteiger partial charge in [-0.05, 0) is 23.7 Å². The monoisotopic (exact) mass is 264 g/mol. The number of nitrogens with zero attached hydrogens (tertiary/aromatic N) is 5. The van der Waals surface area contributed by atoms with Gasteiger partial charge in [0.05, 0.1) is 13.2 Å². The lowest BCUT2D eigenvalue weighted by molar-refractivity contribution is -0.0781. The van der Waals surface area contributed by atoms with E-state index >= 15 is 0 Å². The molecule has 0 aliphatic carbocycles. The third-order valence-corrected chi connectivity index (χ3v) is 2.71. The van der Waals surface area contributed by atoms with Gasteiger partial charge in [-0.1, -0.05) is 5.11 Å². The minimum absolute atomic E-state index is 0.0653. The number of aliphatic hydroxyl groups excluding tert-OH is 1. The van der Waals surface area contributed by atoms with Gasteiger partial charge in [0, 0.05) is 11.1 Å². The zero-order valence-electron chi connectivity index (χ0n) is 9.88. The second-order valence-corrected chi connectivity index (χ2v) is 4.02. The molecule has 9 nitrogen and oxygen atoms in total. The third-order valence-electron chi connectivity index (χ3n) is 2.71. The summed E-state index contributed by atoms with van der Waals surface area (Å²) in [4.78, 5) is 17.9. The molecule has 2 rings (SSSR count). The molecule has 0 aromatic carbocycles. The maximum atomic E-state index is 11.7. The van der Waals surface area contributed by atoms with Gasteiger partial charge in [0.1, 0.15) is 11.4 Å². The molecule has 1 aromatic heterocycles. The molecule has 1 aliphatic heterocycles. The molecule has 1 aromatic rings. The van der Waals surface area contributed by atoms with Gasteiger partial charge >= 0.3 is 5.69 Å². The van der Waals surface area contributed by atoms with Crippen LogP contribution in [0.15, 0.2) is 34.3 Å². The zero-order valence-corrected chi connectivity index (χ0v) is 9.88. The molecule has 0 bridgehead atoms. The predicted molar refractivity (Wildman–Crippen MR) is 66.0 cm³/mol. The van der Waals surface area contributed by atoms with Crippen LogP contribution in [0.4, 0.5) is 5.82 Å². The van der Waals surface area contributed by atoms with Crippen LogP contribution in [0.1, 0.15) is 6.23 Å². The Morgan fingerprint density at radius 2 is 2.53 bits per heavy atom. The Morgan fingerprint density at radius 1 is 1.74 bits per heavy atom. The summed E-state index contributed by atoms with van der Waals surface area (Å²) in [7, 11) is 0. The molecular weight excluding hydrogens is 252 g/mol. The standard InChI is InChI=1S/C10H12N6O3/c11-7-2-4-16(9(18)14-7)8-1-3-10(6-17,19-8)5-13-15-12/h1-4,8,17H,5-6H2,(H2,11,14,18)/t8-,10-/m1/s1. The highest BCUT2D eigenvalue weighted by Gasteiger charge is 2.35. The van der Waals surface area contributed by atoms with Crippen molar-refractivity contribution < 1.29 is 9.84 Å². The highest BCUT2D eigenvalue weighted by molar-refractivity contribution is 5.24. The second kappa shape index (κ2) is 5.11. The van der Waals surface area contributed by atoms with Crippen LogP contribution >= 0.6 is 0 Å². The lowest BCUT2D eigenvalue weighted by Gasteiger charge is -2.25. The maximum absolute atomic E-state index is 11.7. The molecule has 0 saturated heterocycles. The van der Waals surface area contributed by atoms with Crippen molar-refractivity contribution in [1.82, 2.24) is 9.55 Å². The first-order chi connectivity index (χ1) is 9.10. The van der Waals surface area contributed by atoms with Crippen LogP contribution in [0.3, 0.4) is 0 Å². The van der Waals surface area contributed by atoms with Crippen LogP contribution < -0.4 is 11.4 Å². The third kappa shape index (κ3) is 2.58. The van der Waals surface area contributed by atoms with E-state index in [-0.39, 0.29) is 19.0 Å². The minimum atomic E-state index is -1.11. The fourth-order valence-corrected chi connectivity index (χ4v) is 1.73. The van der Waals surface area contributed by atoms with E-state index < -0.39 is 17.5 Å². The Balaban J connectivity index is 2.24. The van der Waals surface area contributed by atoms with Gasteiger partial charge < -0.3 is 15.6 Å². The Morgan fingerprint density at radius 3 is 3.16 bits per heavy atom. The SMILES string of the molecule is [N-]=[N+]=NC[C@@]1(CO)C=C[C@H](n2ccc(N)nc2=O)O1. The number of ether oxygens (including phenoxy) is 1. The largest absolute Gasteiger partial charge is 0.393 e. The van der Waals surface area contributed by atoms with Crippen LogP contribution in [-0.2, 0) is 4.74 Å². The summed E-state index contributed by atoms with van der Waals surface area (Å²) in [5.41, 5.74) is 12.0. The molecule has 0 spiro atoms. The van der Waals surface area contributed by atoms with E-state index in [4.69, 9.17) is 16.0 Å². The van der Waals surface area contributed by atoms with Crippen molar-refractivity contribution >= 4 is 5.82 Å². The number of nitrogen functional groups attached to an aromatic ring is 1. The van der Waals surface area contributed by atoms with Crippen molar-refractivity contribution in [3.63, 3.8) is 0 Å². The highest BCUT2D eigenvalue weighted by Crippen LogP contribution is 2.29. The minimum Gasteiger partial charge on any atom is -0.393 e. The number of anilines is 1. The Hall–Kier alpha value is -2.35. The lowest BCUT2D eigenvalue weighted by Crippen LogP contribution is -2.38. The van der Waals surface area contributed by atoms with Gasteiger partial charge in [-0.3, -0.25) is 4.57 Å². The van der Waals surface area contributed by atoms with Crippen LogP contribution in [0.5, 0.6) is 0 Å². The molecule has 0 fully saturated rings. The molecular formula is C10H12N6O3. The summed E-state index contributed by atoms with van der Waals surface area (Å²) in [5, 5.41) is 12.7. The number of aliphatic hydroxyl groups is 1. The second-order valence-electron chi connectivity index (χ2n) is 4.02. The van der Waals surface area contributed by atoms with Gasteiger partial charge in [-0.2, -0.15) is 4.98 Å². The number of hydrogen-bond acceptors (Lipinski definition) is 6. The van der Waals surface area contributed by atoms with Crippen molar-refractivity contribution in [2.24, 2.45) is 5.11 Å². The van der Waals surface area contributed by atoms with Gasteiger partial charge in [0.2, 0.25) is 0 Å². The van der Waals surface area contributed by atoms with E-state index in [0.29, 0.717) is 0 Å². The van der Waals surface area contributed by atoms with Crippen molar-refractivity contribution in [2.75, 3.05) is 18.9 Å². The average molecular weight is 264 g/mol. The topological polar surface area (TPSA) is 139 Å². The van der Waals surface area contributed by atoms with Crippen LogP contribution in [0, 0.1) is 0 Å². The van der Waals surface area contributed by atoms with Gasteiger partial charge in [-0.15, -0.1) is 0 Å². The maximum Gasteiger partial charge on any atom is 0.351 e. The fourth-order valence-electron chi connectivity index (χ4n) is 1.73. The predicted octanol–water partition coefficient (Wildman–Crippen LogP) is -0.0481. The van der Waals surface area contributed by atoms with Crippen molar-refractivity contribution in [1.29, 1.82) is 0 Å². The summed E-state index contributed by atoms with van der Waals surface area (Å²) in [6, 6.07) is 1.46. The quantitative estimate of drug-likeness (QED) is 0.339. The van der Waals surface area contributed by atoms with Crippen LogP contribution in [0.25, 0.3) is 10.4 Å². The zero-order chi connectivity index (χ0) is 13.9. The summed E-state index contributed by atoms with van der Waals surface area (Å²) in [6.45, 7) is -0.430. The summed E-state index contributed by atoms with van der Waals surface area (Å²) < 4.78 is 6.79. The van der Waals surface area contributed by atoms with Gasteiger partial charge in [0.15, 0.2) is 6.23 Å². The molecule has 0 amide bonds. The van der Waals surface area contributed by atoms with E-state index in [1.807, 2.05) is 0 Å². The normalized spacial score (nSPS) is 25.2. The van der Waals surface area contributed by atoms with Crippen molar-refractivity contribution in [3.05, 3.63) is 45.3 Å². The molecule has 0 saturated carbocycles. The van der Waals surface area contributed by atoms with E-state index in [9.17, 15) is 9.90 Å². The number of azide groups is 1. The Labute approximate surface area is 107 Å². The molecule has 2 atom stereocenters. The molecule has 0 unspecified atom stereocenters. The molecule has 19 heavy (non-hydrogen) atoms. The van der Waals surface area contributed by atoms with E-state index in [1.165, 1.54) is 16.8 Å². The van der Waals surface area contributed by atoms with Crippen LogP contribution in [0.2, 0.25) is 0 Å². The number of aromatic nitrogens is 2. The number of nitrogens with two attached hydrogens (primary N) is 1. The molecule has 1 aliphatic rings. The summed E-state index contributed by atoms with van der Waals surface area (Å²) >= 11 is 0. The highest BCUT2D eigenvalue weighted by atomic mass is 16.5. The Kier molecular flexibility index (Phi) is 3.52. The summed E-state index contributed by atoms with van der Waals surface area (Å²) in [5.74, 6) is 0.116.